The first-order valence-electron chi connectivity index (χ1n) is 5.13. The van der Waals surface area contributed by atoms with Gasteiger partial charge in [-0.25, -0.2) is 8.78 Å². The highest BCUT2D eigenvalue weighted by atomic mass is 19.1. The van der Waals surface area contributed by atoms with Crippen molar-refractivity contribution in [1.29, 1.82) is 0 Å². The van der Waals surface area contributed by atoms with Crippen LogP contribution in [-0.2, 0) is 0 Å². The summed E-state index contributed by atoms with van der Waals surface area (Å²) >= 11 is 0. The first-order valence-corrected chi connectivity index (χ1v) is 5.13. The molecule has 17 heavy (non-hydrogen) atoms. The van der Waals surface area contributed by atoms with E-state index in [2.05, 4.69) is 0 Å². The minimum Gasteiger partial charge on any atom is -0.298 e. The number of carbonyl (C=O) groups is 1. The van der Waals surface area contributed by atoms with Crippen molar-refractivity contribution in [2.75, 3.05) is 0 Å². The summed E-state index contributed by atoms with van der Waals surface area (Å²) in [6.07, 6.45) is 0.187. The highest BCUT2D eigenvalue weighted by Gasteiger charge is 2.12. The van der Waals surface area contributed by atoms with Crippen molar-refractivity contribution in [2.24, 2.45) is 0 Å². The molecular formula is C14H10F2O. The van der Waals surface area contributed by atoms with Crippen LogP contribution in [0.4, 0.5) is 8.78 Å². The van der Waals surface area contributed by atoms with Gasteiger partial charge in [-0.15, -0.1) is 0 Å². The largest absolute Gasteiger partial charge is 0.298 e. The zero-order valence-corrected chi connectivity index (χ0v) is 9.21. The van der Waals surface area contributed by atoms with Gasteiger partial charge in [0.05, 0.1) is 5.56 Å². The molecule has 0 radical (unpaired) electrons. The van der Waals surface area contributed by atoms with Crippen LogP contribution < -0.4 is 0 Å². The first-order chi connectivity index (χ1) is 8.13. The Morgan fingerprint density at radius 1 is 1.06 bits per heavy atom. The summed E-state index contributed by atoms with van der Waals surface area (Å²) in [4.78, 5) is 10.5. The standard InChI is InChI=1S/C14H10F2O/c1-9-4-2-3-5-11(9)10-6-13(15)12(8-17)14(16)7-10/h2-8H,1H3. The Hall–Kier alpha value is -2.03. The van der Waals surface area contributed by atoms with Gasteiger partial charge >= 0.3 is 0 Å². The number of aryl methyl sites for hydroxylation is 1. The number of hydrogen-bond donors (Lipinski definition) is 0. The highest BCUT2D eigenvalue weighted by molar-refractivity contribution is 5.78. The van der Waals surface area contributed by atoms with E-state index in [1.165, 1.54) is 12.1 Å². The van der Waals surface area contributed by atoms with Crippen molar-refractivity contribution < 1.29 is 13.6 Å². The number of carbonyl (C=O) groups excluding carboxylic acids is 1. The lowest BCUT2D eigenvalue weighted by Crippen LogP contribution is -1.95. The van der Waals surface area contributed by atoms with E-state index in [1.54, 1.807) is 12.1 Å². The molecular weight excluding hydrogens is 222 g/mol. The molecule has 1 nitrogen and oxygen atoms in total. The maximum Gasteiger partial charge on any atom is 0.155 e. The molecule has 0 amide bonds. The van der Waals surface area contributed by atoms with Crippen LogP contribution in [0, 0.1) is 18.6 Å². The summed E-state index contributed by atoms with van der Waals surface area (Å²) in [6.45, 7) is 1.86. The van der Waals surface area contributed by atoms with Crippen LogP contribution in [0.3, 0.4) is 0 Å². The second-order valence-corrected chi connectivity index (χ2v) is 3.79. The Balaban J connectivity index is 2.62. The Bertz CT molecular complexity index is 553. The van der Waals surface area contributed by atoms with Gasteiger partial charge in [0, 0.05) is 0 Å². The van der Waals surface area contributed by atoms with E-state index in [0.717, 1.165) is 11.1 Å². The Kier molecular flexibility index (Phi) is 3.00. The molecule has 0 saturated carbocycles. The van der Waals surface area contributed by atoms with Crippen molar-refractivity contribution in [1.82, 2.24) is 0 Å². The van der Waals surface area contributed by atoms with Gasteiger partial charge in [-0.2, -0.15) is 0 Å². The van der Waals surface area contributed by atoms with Gasteiger partial charge in [0.1, 0.15) is 11.6 Å². The lowest BCUT2D eigenvalue weighted by atomic mass is 9.99. The normalized spacial score (nSPS) is 10.3. The molecule has 0 N–H and O–H groups in total. The molecule has 0 aliphatic heterocycles. The second kappa shape index (κ2) is 4.45. The molecule has 0 bridgehead atoms. The third-order valence-electron chi connectivity index (χ3n) is 2.65. The summed E-state index contributed by atoms with van der Waals surface area (Å²) in [6, 6.07) is 9.64. The molecule has 0 heterocycles. The number of hydrogen-bond acceptors (Lipinski definition) is 1. The summed E-state index contributed by atoms with van der Waals surface area (Å²) in [5, 5.41) is 0. The molecule has 2 aromatic carbocycles. The van der Waals surface area contributed by atoms with E-state index in [9.17, 15) is 13.6 Å². The van der Waals surface area contributed by atoms with Gasteiger partial charge < -0.3 is 0 Å². The molecule has 2 rings (SSSR count). The Labute approximate surface area is 97.7 Å². The zero-order valence-electron chi connectivity index (χ0n) is 9.21. The predicted octanol–water partition coefficient (Wildman–Crippen LogP) is 3.75. The summed E-state index contributed by atoms with van der Waals surface area (Å²) < 4.78 is 26.9. The fourth-order valence-electron chi connectivity index (χ4n) is 1.75. The molecule has 86 valence electrons. The SMILES string of the molecule is Cc1ccccc1-c1cc(F)c(C=O)c(F)c1. The van der Waals surface area contributed by atoms with Crippen molar-refractivity contribution in [2.45, 2.75) is 6.92 Å². The zero-order chi connectivity index (χ0) is 12.4. The minimum absolute atomic E-state index is 0.187. The second-order valence-electron chi connectivity index (χ2n) is 3.79. The monoisotopic (exact) mass is 232 g/mol. The predicted molar refractivity (Wildman–Crippen MR) is 61.9 cm³/mol. The lowest BCUT2D eigenvalue weighted by molar-refractivity contribution is 0.111. The van der Waals surface area contributed by atoms with Gasteiger partial charge in [0.2, 0.25) is 0 Å². The topological polar surface area (TPSA) is 17.1 Å². The van der Waals surface area contributed by atoms with Gasteiger partial charge in [-0.05, 0) is 35.7 Å². The third-order valence-corrected chi connectivity index (χ3v) is 2.65. The number of benzene rings is 2. The lowest BCUT2D eigenvalue weighted by Gasteiger charge is -2.07. The summed E-state index contributed by atoms with van der Waals surface area (Å²) in [7, 11) is 0. The molecule has 0 spiro atoms. The summed E-state index contributed by atoms with van der Waals surface area (Å²) in [5.41, 5.74) is 1.58. The van der Waals surface area contributed by atoms with Crippen molar-refractivity contribution in [3.63, 3.8) is 0 Å². The molecule has 0 saturated heterocycles. The summed E-state index contributed by atoms with van der Waals surface area (Å²) in [5.74, 6) is -1.67. The third kappa shape index (κ3) is 2.09. The molecule has 0 aliphatic carbocycles. The highest BCUT2D eigenvalue weighted by Crippen LogP contribution is 2.26. The molecule has 0 fully saturated rings. The van der Waals surface area contributed by atoms with Gasteiger partial charge in [0.15, 0.2) is 6.29 Å². The maximum atomic E-state index is 13.5. The average Bonchev–Trinajstić information content (AvgIpc) is 2.29. The van der Waals surface area contributed by atoms with Crippen LogP contribution in [0.25, 0.3) is 11.1 Å². The van der Waals surface area contributed by atoms with Crippen molar-refractivity contribution in [3.8, 4) is 11.1 Å². The van der Waals surface area contributed by atoms with E-state index in [4.69, 9.17) is 0 Å². The van der Waals surface area contributed by atoms with Gasteiger partial charge in [0.25, 0.3) is 0 Å². The van der Waals surface area contributed by atoms with E-state index < -0.39 is 17.2 Å². The van der Waals surface area contributed by atoms with Crippen LogP contribution in [0.5, 0.6) is 0 Å². The Morgan fingerprint density at radius 3 is 2.18 bits per heavy atom. The molecule has 0 atom stereocenters. The Morgan fingerprint density at radius 2 is 1.65 bits per heavy atom. The first kappa shape index (κ1) is 11.5. The fourth-order valence-corrected chi connectivity index (χ4v) is 1.75. The molecule has 3 heteroatoms. The number of rotatable bonds is 2. The van der Waals surface area contributed by atoms with Crippen LogP contribution in [0.2, 0.25) is 0 Å². The van der Waals surface area contributed by atoms with Gasteiger partial charge in [-0.1, -0.05) is 24.3 Å². The van der Waals surface area contributed by atoms with Gasteiger partial charge in [-0.3, -0.25) is 4.79 Å². The quantitative estimate of drug-likeness (QED) is 0.720. The average molecular weight is 232 g/mol. The van der Waals surface area contributed by atoms with Crippen LogP contribution in [0.1, 0.15) is 15.9 Å². The molecule has 0 aromatic heterocycles. The van der Waals surface area contributed by atoms with E-state index in [1.807, 2.05) is 19.1 Å². The maximum absolute atomic E-state index is 13.5. The number of aldehydes is 1. The van der Waals surface area contributed by atoms with E-state index in [0.29, 0.717) is 5.56 Å². The number of halogens is 2. The fraction of sp³-hybridized carbons (Fsp3) is 0.0714. The molecule has 0 aliphatic rings. The molecule has 2 aromatic rings. The van der Waals surface area contributed by atoms with Crippen LogP contribution in [0.15, 0.2) is 36.4 Å². The molecule has 0 unspecified atom stereocenters. The van der Waals surface area contributed by atoms with Crippen molar-refractivity contribution in [3.05, 3.63) is 59.2 Å². The minimum atomic E-state index is -0.835. The van der Waals surface area contributed by atoms with Crippen molar-refractivity contribution >= 4 is 6.29 Å². The van der Waals surface area contributed by atoms with Crippen LogP contribution in [-0.4, -0.2) is 6.29 Å². The van der Waals surface area contributed by atoms with Crippen LogP contribution >= 0.6 is 0 Å². The van der Waals surface area contributed by atoms with E-state index >= 15 is 0 Å². The smallest absolute Gasteiger partial charge is 0.155 e. The van der Waals surface area contributed by atoms with E-state index in [-0.39, 0.29) is 6.29 Å².